The van der Waals surface area contributed by atoms with Crippen LogP contribution in [0.3, 0.4) is 0 Å². The van der Waals surface area contributed by atoms with Gasteiger partial charge >= 0.3 is 0 Å². The molecule has 0 aliphatic carbocycles. The van der Waals surface area contributed by atoms with E-state index in [4.69, 9.17) is 4.42 Å². The van der Waals surface area contributed by atoms with Gasteiger partial charge in [-0.2, -0.15) is 4.31 Å². The molecule has 1 aromatic heterocycles. The van der Waals surface area contributed by atoms with Gasteiger partial charge < -0.3 is 4.42 Å². The Kier molecular flexibility index (Phi) is 2.91. The monoisotopic (exact) mass is 279 g/mol. The molecule has 0 bridgehead atoms. The van der Waals surface area contributed by atoms with Crippen molar-refractivity contribution < 1.29 is 17.6 Å². The van der Waals surface area contributed by atoms with Crippen molar-refractivity contribution in [2.75, 3.05) is 18.8 Å². The van der Waals surface area contributed by atoms with Crippen LogP contribution in [0.15, 0.2) is 34.9 Å². The van der Waals surface area contributed by atoms with Crippen molar-refractivity contribution in [3.05, 3.63) is 36.1 Å². The highest BCUT2D eigenvalue weighted by molar-refractivity contribution is 7.89. The molecule has 3 rings (SSSR count). The number of furan rings is 1. The summed E-state index contributed by atoms with van der Waals surface area (Å²) in [6, 6.07) is 7.22. The van der Waals surface area contributed by atoms with E-state index in [1.165, 1.54) is 10.6 Å². The molecule has 0 saturated carbocycles. The maximum absolute atomic E-state index is 12.2. The second-order valence-electron chi connectivity index (χ2n) is 4.57. The summed E-state index contributed by atoms with van der Waals surface area (Å²) >= 11 is 0. The second kappa shape index (κ2) is 4.47. The molecule has 0 unspecified atom stereocenters. The zero-order valence-corrected chi connectivity index (χ0v) is 11.0. The molecule has 6 heteroatoms. The molecule has 1 saturated heterocycles. The van der Waals surface area contributed by atoms with Crippen LogP contribution in [-0.4, -0.2) is 37.3 Å². The molecule has 0 spiro atoms. The smallest absolute Gasteiger partial charge is 0.214 e. The van der Waals surface area contributed by atoms with E-state index in [0.29, 0.717) is 24.1 Å². The first-order valence-corrected chi connectivity index (χ1v) is 7.66. The van der Waals surface area contributed by atoms with Crippen molar-refractivity contribution in [2.24, 2.45) is 0 Å². The number of Topliss-reactive ketones (excluding diaryl/α,β-unsaturated/α-hetero) is 1. The number of para-hydroxylation sites is 1. The number of nitrogens with zero attached hydrogens (tertiary/aromatic N) is 1. The van der Waals surface area contributed by atoms with Crippen LogP contribution in [0.1, 0.15) is 16.8 Å². The van der Waals surface area contributed by atoms with E-state index in [0.717, 1.165) is 5.39 Å². The molecule has 0 N–H and O–H groups in total. The molecule has 1 fully saturated rings. The van der Waals surface area contributed by atoms with Gasteiger partial charge in [-0.25, -0.2) is 8.42 Å². The van der Waals surface area contributed by atoms with Gasteiger partial charge in [0, 0.05) is 11.9 Å². The predicted molar refractivity (Wildman–Crippen MR) is 70.5 cm³/mol. The number of hydrogen-bond donors (Lipinski definition) is 0. The lowest BCUT2D eigenvalue weighted by molar-refractivity contribution is 0.0969. The lowest BCUT2D eigenvalue weighted by Gasteiger charge is -2.12. The fourth-order valence-corrected chi connectivity index (χ4v) is 3.78. The number of sulfonamides is 1. The second-order valence-corrected chi connectivity index (χ2v) is 6.66. The fourth-order valence-electron chi connectivity index (χ4n) is 2.31. The van der Waals surface area contributed by atoms with Gasteiger partial charge in [0.25, 0.3) is 0 Å². The van der Waals surface area contributed by atoms with Crippen molar-refractivity contribution in [2.45, 2.75) is 6.42 Å². The summed E-state index contributed by atoms with van der Waals surface area (Å²) < 4.78 is 29.9. The summed E-state index contributed by atoms with van der Waals surface area (Å²) in [5, 5.41) is 0.726. The van der Waals surface area contributed by atoms with Crippen LogP contribution in [-0.2, 0) is 10.0 Å². The Morgan fingerprint density at radius 3 is 2.84 bits per heavy atom. The standard InChI is InChI=1S/C13H13NO4S/c15-12(8-14-6-3-7-19(14,16)17)11-9-18-13-5-2-1-4-10(11)13/h1-2,4-5,9H,3,6-8H2. The van der Waals surface area contributed by atoms with Gasteiger partial charge in [-0.05, 0) is 12.5 Å². The first kappa shape index (κ1) is 12.4. The Morgan fingerprint density at radius 2 is 2.11 bits per heavy atom. The zero-order chi connectivity index (χ0) is 13.5. The van der Waals surface area contributed by atoms with E-state index < -0.39 is 10.0 Å². The number of carbonyl (C=O) groups excluding carboxylic acids is 1. The molecule has 100 valence electrons. The minimum atomic E-state index is -3.24. The van der Waals surface area contributed by atoms with Gasteiger partial charge in [0.1, 0.15) is 11.8 Å². The molecule has 0 atom stereocenters. The number of hydrogen-bond acceptors (Lipinski definition) is 4. The van der Waals surface area contributed by atoms with Gasteiger partial charge in [-0.15, -0.1) is 0 Å². The molecule has 0 radical (unpaired) electrons. The minimum Gasteiger partial charge on any atom is -0.464 e. The van der Waals surface area contributed by atoms with Crippen LogP contribution in [0, 0.1) is 0 Å². The summed E-state index contributed by atoms with van der Waals surface area (Å²) in [7, 11) is -3.24. The molecule has 2 aromatic rings. The van der Waals surface area contributed by atoms with E-state index in [9.17, 15) is 13.2 Å². The number of fused-ring (bicyclic) bond motifs is 1. The Hall–Kier alpha value is -1.66. The lowest BCUT2D eigenvalue weighted by Crippen LogP contribution is -2.31. The van der Waals surface area contributed by atoms with Crippen molar-refractivity contribution >= 4 is 26.8 Å². The molecular formula is C13H13NO4S. The molecular weight excluding hydrogens is 266 g/mol. The van der Waals surface area contributed by atoms with Crippen LogP contribution in [0.5, 0.6) is 0 Å². The van der Waals surface area contributed by atoms with Crippen LogP contribution < -0.4 is 0 Å². The third-order valence-corrected chi connectivity index (χ3v) is 5.21. The number of benzene rings is 1. The Balaban J connectivity index is 1.89. The highest BCUT2D eigenvalue weighted by atomic mass is 32.2. The van der Waals surface area contributed by atoms with Crippen LogP contribution in [0.25, 0.3) is 11.0 Å². The quantitative estimate of drug-likeness (QED) is 0.801. The van der Waals surface area contributed by atoms with E-state index in [1.807, 2.05) is 12.1 Å². The molecule has 0 amide bonds. The van der Waals surface area contributed by atoms with Crippen molar-refractivity contribution in [3.8, 4) is 0 Å². The SMILES string of the molecule is O=C(CN1CCCS1(=O)=O)c1coc2ccccc12. The minimum absolute atomic E-state index is 0.105. The van der Waals surface area contributed by atoms with Gasteiger partial charge in [0.05, 0.1) is 17.9 Å². The summed E-state index contributed by atoms with van der Waals surface area (Å²) in [6.07, 6.45) is 1.98. The Labute approximate surface area is 110 Å². The average Bonchev–Trinajstić information content (AvgIpc) is 2.93. The molecule has 1 aliphatic rings. The molecule has 1 aromatic carbocycles. The largest absolute Gasteiger partial charge is 0.464 e. The van der Waals surface area contributed by atoms with Gasteiger partial charge in [-0.1, -0.05) is 18.2 Å². The maximum Gasteiger partial charge on any atom is 0.214 e. The lowest BCUT2D eigenvalue weighted by atomic mass is 10.1. The maximum atomic E-state index is 12.2. The highest BCUT2D eigenvalue weighted by Gasteiger charge is 2.30. The Morgan fingerprint density at radius 1 is 1.32 bits per heavy atom. The summed E-state index contributed by atoms with van der Waals surface area (Å²) in [4.78, 5) is 12.2. The summed E-state index contributed by atoms with van der Waals surface area (Å²) in [5.41, 5.74) is 1.08. The van der Waals surface area contributed by atoms with Crippen molar-refractivity contribution in [1.29, 1.82) is 0 Å². The van der Waals surface area contributed by atoms with Gasteiger partial charge in [-0.3, -0.25) is 4.79 Å². The van der Waals surface area contributed by atoms with E-state index >= 15 is 0 Å². The fraction of sp³-hybridized carbons (Fsp3) is 0.308. The first-order chi connectivity index (χ1) is 9.08. The van der Waals surface area contributed by atoms with Gasteiger partial charge in [0.2, 0.25) is 10.0 Å². The molecule has 19 heavy (non-hydrogen) atoms. The highest BCUT2D eigenvalue weighted by Crippen LogP contribution is 2.22. The van der Waals surface area contributed by atoms with Gasteiger partial charge in [0.15, 0.2) is 5.78 Å². The van der Waals surface area contributed by atoms with Crippen molar-refractivity contribution in [3.63, 3.8) is 0 Å². The zero-order valence-electron chi connectivity index (χ0n) is 10.2. The van der Waals surface area contributed by atoms with Crippen molar-refractivity contribution in [1.82, 2.24) is 4.31 Å². The summed E-state index contributed by atoms with van der Waals surface area (Å²) in [6.45, 7) is 0.315. The average molecular weight is 279 g/mol. The summed E-state index contributed by atoms with van der Waals surface area (Å²) in [5.74, 6) is -0.0951. The predicted octanol–water partition coefficient (Wildman–Crippen LogP) is 1.65. The van der Waals surface area contributed by atoms with Crippen LogP contribution in [0.4, 0.5) is 0 Å². The van der Waals surface area contributed by atoms with E-state index in [1.54, 1.807) is 12.1 Å². The number of ketones is 1. The van der Waals surface area contributed by atoms with E-state index in [2.05, 4.69) is 0 Å². The van der Waals surface area contributed by atoms with Crippen LogP contribution >= 0.6 is 0 Å². The normalized spacial score (nSPS) is 18.9. The van der Waals surface area contributed by atoms with E-state index in [-0.39, 0.29) is 18.1 Å². The number of carbonyl (C=O) groups is 1. The number of rotatable bonds is 3. The first-order valence-electron chi connectivity index (χ1n) is 6.05. The third-order valence-electron chi connectivity index (χ3n) is 3.30. The third kappa shape index (κ3) is 2.17. The van der Waals surface area contributed by atoms with Crippen LogP contribution in [0.2, 0.25) is 0 Å². The molecule has 1 aliphatic heterocycles. The topological polar surface area (TPSA) is 67.6 Å². The molecule has 2 heterocycles. The Bertz CT molecular complexity index is 732. The molecule has 5 nitrogen and oxygen atoms in total.